The average Bonchev–Trinajstić information content (AvgIpc) is 3.13. The Hall–Kier alpha value is -3.85. The van der Waals surface area contributed by atoms with Crippen molar-refractivity contribution in [3.63, 3.8) is 0 Å². The molecule has 0 N–H and O–H groups in total. The number of hydrogen-bond acceptors (Lipinski definition) is 6. The van der Waals surface area contributed by atoms with Crippen LogP contribution in [0.4, 0.5) is 5.69 Å². The number of ether oxygens (including phenoxy) is 2. The monoisotopic (exact) mass is 488 g/mol. The van der Waals surface area contributed by atoms with Gasteiger partial charge in [0.2, 0.25) is 0 Å². The third-order valence-corrected chi connectivity index (χ3v) is 7.34. The number of ketones is 1. The van der Waals surface area contributed by atoms with Crippen LogP contribution in [-0.4, -0.2) is 51.6 Å². The number of carbonyl (C=O) groups excluding carboxylic acids is 1. The number of morpholine rings is 1. The summed E-state index contributed by atoms with van der Waals surface area (Å²) in [5.74, 6) is 0.630. The lowest BCUT2D eigenvalue weighted by Crippen LogP contribution is -2.46. The first-order valence-electron chi connectivity index (χ1n) is 12.2. The zero-order valence-corrected chi connectivity index (χ0v) is 20.6. The van der Waals surface area contributed by atoms with Gasteiger partial charge in [-0.2, -0.15) is 0 Å². The van der Waals surface area contributed by atoms with Crippen LogP contribution in [0.2, 0.25) is 0 Å². The summed E-state index contributed by atoms with van der Waals surface area (Å²) < 4.78 is 16.2. The second-order valence-corrected chi connectivity index (χ2v) is 9.93. The second kappa shape index (κ2) is 8.09. The van der Waals surface area contributed by atoms with Crippen LogP contribution in [0.1, 0.15) is 42.7 Å². The van der Waals surface area contributed by atoms with Gasteiger partial charge < -0.3 is 14.4 Å². The van der Waals surface area contributed by atoms with Gasteiger partial charge >= 0.3 is 11.4 Å². The molecule has 3 aromatic rings. The Morgan fingerprint density at radius 1 is 0.972 bits per heavy atom. The number of allylic oxidation sites excluding steroid dienone is 1. The minimum atomic E-state index is -0.659. The van der Waals surface area contributed by atoms with Crippen LogP contribution >= 0.6 is 0 Å². The number of benzene rings is 2. The number of Topliss-reactive ketones (excluding diaryl/α,β-unsaturated/α-hetero) is 1. The molecule has 6 rings (SSSR count). The highest BCUT2D eigenvalue weighted by atomic mass is 16.5. The smallest absolute Gasteiger partial charge is 0.352 e. The highest BCUT2D eigenvalue weighted by Gasteiger charge is 2.44. The van der Waals surface area contributed by atoms with E-state index >= 15 is 0 Å². The molecule has 0 radical (unpaired) electrons. The highest BCUT2D eigenvalue weighted by molar-refractivity contribution is 5.94. The number of hydrogen-bond donors (Lipinski definition) is 0. The lowest BCUT2D eigenvalue weighted by Gasteiger charge is -2.43. The average molecular weight is 489 g/mol. The lowest BCUT2D eigenvalue weighted by molar-refractivity contribution is 0.101. The highest BCUT2D eigenvalue weighted by Crippen LogP contribution is 2.47. The maximum Gasteiger partial charge on any atom is 0.352 e. The van der Waals surface area contributed by atoms with Crippen molar-refractivity contribution >= 4 is 11.5 Å². The maximum absolute atomic E-state index is 13.8. The van der Waals surface area contributed by atoms with Crippen LogP contribution in [0.15, 0.2) is 63.7 Å². The fourth-order valence-electron chi connectivity index (χ4n) is 5.47. The summed E-state index contributed by atoms with van der Waals surface area (Å²) in [6, 6.07) is 12.1. The normalized spacial score (nSPS) is 20.0. The summed E-state index contributed by atoms with van der Waals surface area (Å²) in [4.78, 5) is 41.2. The molecule has 1 atom stereocenters. The van der Waals surface area contributed by atoms with Crippen LogP contribution in [0.25, 0.3) is 5.69 Å². The molecular weight excluding hydrogens is 460 g/mol. The fourth-order valence-corrected chi connectivity index (χ4v) is 5.47. The Balaban J connectivity index is 1.49. The van der Waals surface area contributed by atoms with Gasteiger partial charge in [0.25, 0.3) is 0 Å². The summed E-state index contributed by atoms with van der Waals surface area (Å²) in [6.07, 6.45) is 1.99. The SMILES string of the molecule is CC(=O)c1ccc(-n2c(=O)n3n(c2=O)C2C(=CC3)C(C)(C)Oc3cc(N4CCOCC4)ccc32)cc1. The first-order valence-corrected chi connectivity index (χ1v) is 12.2. The summed E-state index contributed by atoms with van der Waals surface area (Å²) in [5.41, 5.74) is 2.29. The molecule has 0 amide bonds. The molecule has 0 spiro atoms. The van der Waals surface area contributed by atoms with E-state index in [2.05, 4.69) is 4.90 Å². The number of aromatic nitrogens is 3. The van der Waals surface area contributed by atoms with Crippen molar-refractivity contribution in [2.45, 2.75) is 39.0 Å². The topological polar surface area (TPSA) is 87.7 Å². The van der Waals surface area contributed by atoms with Gasteiger partial charge in [0.15, 0.2) is 5.78 Å². The number of anilines is 1. The van der Waals surface area contributed by atoms with Crippen molar-refractivity contribution in [3.8, 4) is 11.4 Å². The van der Waals surface area contributed by atoms with Gasteiger partial charge in [-0.05, 0) is 56.7 Å². The Kier molecular flexibility index (Phi) is 5.08. The van der Waals surface area contributed by atoms with Gasteiger partial charge in [0.05, 0.1) is 25.4 Å². The molecule has 1 unspecified atom stereocenters. The van der Waals surface area contributed by atoms with Gasteiger partial charge in [-0.1, -0.05) is 12.1 Å². The van der Waals surface area contributed by atoms with Crippen molar-refractivity contribution in [3.05, 3.63) is 86.2 Å². The predicted octanol–water partition coefficient (Wildman–Crippen LogP) is 2.54. The Morgan fingerprint density at radius 3 is 2.36 bits per heavy atom. The number of rotatable bonds is 3. The standard InChI is InChI=1S/C27H28N4O5/c1-17(32)18-4-6-19(7-5-18)30-25(33)29-11-10-22-24(31(29)26(30)34)21-9-8-20(28-12-14-35-15-13-28)16-23(21)36-27(22,2)3/h4-10,16,24H,11-15H2,1-3H3. The maximum atomic E-state index is 13.8. The summed E-state index contributed by atoms with van der Waals surface area (Å²) in [6.45, 7) is 8.71. The van der Waals surface area contributed by atoms with Crippen LogP contribution in [0, 0.1) is 0 Å². The first-order chi connectivity index (χ1) is 17.3. The van der Waals surface area contributed by atoms with E-state index in [0.717, 1.165) is 29.9 Å². The van der Waals surface area contributed by atoms with Gasteiger partial charge in [-0.15, -0.1) is 0 Å². The molecule has 1 fully saturated rings. The molecule has 186 valence electrons. The van der Waals surface area contributed by atoms with Gasteiger partial charge in [-0.25, -0.2) is 23.5 Å². The van der Waals surface area contributed by atoms with Gasteiger partial charge in [-0.3, -0.25) is 4.79 Å². The van der Waals surface area contributed by atoms with E-state index < -0.39 is 23.0 Å². The van der Waals surface area contributed by atoms with E-state index in [-0.39, 0.29) is 12.3 Å². The van der Waals surface area contributed by atoms with Crippen LogP contribution < -0.4 is 21.0 Å². The van der Waals surface area contributed by atoms with Crippen molar-refractivity contribution in [2.24, 2.45) is 0 Å². The van der Waals surface area contributed by atoms with Crippen molar-refractivity contribution in [1.29, 1.82) is 0 Å². The van der Waals surface area contributed by atoms with Crippen LogP contribution in [0.3, 0.4) is 0 Å². The zero-order valence-electron chi connectivity index (χ0n) is 20.6. The van der Waals surface area contributed by atoms with E-state index in [1.807, 2.05) is 38.1 Å². The molecule has 0 aliphatic carbocycles. The van der Waals surface area contributed by atoms with Gasteiger partial charge in [0.1, 0.15) is 17.4 Å². The van der Waals surface area contributed by atoms with Crippen molar-refractivity contribution < 1.29 is 14.3 Å². The summed E-state index contributed by atoms with van der Waals surface area (Å²) >= 11 is 0. The predicted molar refractivity (Wildman–Crippen MR) is 135 cm³/mol. The Morgan fingerprint density at radius 2 is 1.67 bits per heavy atom. The quantitative estimate of drug-likeness (QED) is 0.416. The van der Waals surface area contributed by atoms with E-state index in [4.69, 9.17) is 9.47 Å². The molecule has 0 saturated carbocycles. The fraction of sp³-hybridized carbons (Fsp3) is 0.370. The minimum absolute atomic E-state index is 0.0758. The molecule has 1 aromatic heterocycles. The van der Waals surface area contributed by atoms with E-state index in [1.165, 1.54) is 16.2 Å². The molecule has 3 aliphatic heterocycles. The third-order valence-electron chi connectivity index (χ3n) is 7.34. The lowest BCUT2D eigenvalue weighted by atomic mass is 9.83. The Bertz CT molecular complexity index is 1520. The minimum Gasteiger partial charge on any atom is -0.483 e. The van der Waals surface area contributed by atoms with E-state index in [9.17, 15) is 14.4 Å². The van der Waals surface area contributed by atoms with Crippen LogP contribution in [0.5, 0.6) is 5.75 Å². The number of fused-ring (bicyclic) bond motifs is 5. The molecule has 0 bridgehead atoms. The van der Waals surface area contributed by atoms with Crippen LogP contribution in [-0.2, 0) is 11.3 Å². The number of carbonyl (C=O) groups is 1. The molecule has 2 aromatic carbocycles. The van der Waals surface area contributed by atoms with Crippen molar-refractivity contribution in [2.75, 3.05) is 31.2 Å². The second-order valence-electron chi connectivity index (χ2n) is 9.93. The zero-order chi connectivity index (χ0) is 25.2. The van der Waals surface area contributed by atoms with E-state index in [0.29, 0.717) is 30.2 Å². The van der Waals surface area contributed by atoms with Crippen molar-refractivity contribution in [1.82, 2.24) is 13.9 Å². The summed E-state index contributed by atoms with van der Waals surface area (Å²) in [5, 5.41) is 0. The number of nitrogens with zero attached hydrogens (tertiary/aromatic N) is 4. The molecule has 4 heterocycles. The Labute approximate surface area is 207 Å². The first kappa shape index (κ1) is 22.6. The molecule has 9 heteroatoms. The van der Waals surface area contributed by atoms with E-state index in [1.54, 1.807) is 28.9 Å². The molecular formula is C27H28N4O5. The third kappa shape index (κ3) is 3.37. The summed E-state index contributed by atoms with van der Waals surface area (Å²) in [7, 11) is 0. The largest absolute Gasteiger partial charge is 0.483 e. The molecule has 9 nitrogen and oxygen atoms in total. The van der Waals surface area contributed by atoms with Gasteiger partial charge in [0, 0.05) is 36.0 Å². The molecule has 3 aliphatic rings. The molecule has 1 saturated heterocycles. The molecule has 36 heavy (non-hydrogen) atoms.